The van der Waals surface area contributed by atoms with Crippen LogP contribution in [-0.4, -0.2) is 24.5 Å². The first-order valence-electron chi connectivity index (χ1n) is 23.6. The molecule has 15 rings (SSSR count). The van der Waals surface area contributed by atoms with E-state index in [1.807, 2.05) is 36.7 Å². The summed E-state index contributed by atoms with van der Waals surface area (Å²) in [4.78, 5) is 20.7. The molecule has 0 N–H and O–H groups in total. The van der Waals surface area contributed by atoms with E-state index in [9.17, 15) is 0 Å². The van der Waals surface area contributed by atoms with Gasteiger partial charge >= 0.3 is 0 Å². The Balaban J connectivity index is 1.03. The lowest BCUT2D eigenvalue weighted by molar-refractivity contribution is 0.669. The molecular formula is C64H37N5O. The first-order valence-corrected chi connectivity index (χ1v) is 23.6. The van der Waals surface area contributed by atoms with Gasteiger partial charge in [0, 0.05) is 61.9 Å². The van der Waals surface area contributed by atoms with Crippen molar-refractivity contribution in [1.29, 1.82) is 0 Å². The number of hydrogen-bond acceptors (Lipinski definition) is 5. The average Bonchev–Trinajstić information content (AvgIpc) is 3.97. The molecule has 0 unspecified atom stereocenters. The summed E-state index contributed by atoms with van der Waals surface area (Å²) in [6, 6.07) is 75.6. The molecule has 5 heterocycles. The van der Waals surface area contributed by atoms with Crippen molar-refractivity contribution in [3.8, 4) is 50.7 Å². The topological polar surface area (TPSA) is 69.6 Å². The predicted molar refractivity (Wildman–Crippen MR) is 289 cm³/mol. The summed E-state index contributed by atoms with van der Waals surface area (Å²) in [5.74, 6) is 1.34. The zero-order chi connectivity index (χ0) is 45.9. The van der Waals surface area contributed by atoms with Gasteiger partial charge < -0.3 is 4.42 Å². The Hall–Kier alpha value is -9.52. The van der Waals surface area contributed by atoms with Gasteiger partial charge in [-0.25, -0.2) is 9.97 Å². The number of rotatable bonds is 5. The van der Waals surface area contributed by atoms with Gasteiger partial charge in [0.15, 0.2) is 5.82 Å². The van der Waals surface area contributed by atoms with Crippen LogP contribution in [0.5, 0.6) is 0 Å². The maximum Gasteiger partial charge on any atom is 0.164 e. The Bertz CT molecular complexity index is 4560. The molecule has 0 fully saturated rings. The van der Waals surface area contributed by atoms with Gasteiger partial charge in [-0.1, -0.05) is 140 Å². The predicted octanol–water partition coefficient (Wildman–Crippen LogP) is 16.7. The van der Waals surface area contributed by atoms with Crippen LogP contribution in [0.1, 0.15) is 0 Å². The zero-order valence-corrected chi connectivity index (χ0v) is 37.5. The van der Waals surface area contributed by atoms with Crippen LogP contribution in [0, 0.1) is 0 Å². The third-order valence-electron chi connectivity index (χ3n) is 14.3. The average molecular weight is 892 g/mol. The molecule has 0 bridgehead atoms. The Kier molecular flexibility index (Phi) is 8.26. The standard InChI is InChI=1S/C64H37N5O/c1-2-12-38(13-3-1)41-26-29-57-54(33-41)55-35-52-45-19-5-4-18-44(45)51-32-42(43-25-28-48-47-20-6-7-23-59(47)70-60(48)34-43)24-27-46(51)53(52)36-58(55)69(57)61-37-56(49-21-8-14-39-16-10-30-65-62(39)49)67-64(68-61)50-22-9-15-40-17-11-31-66-63(40)50/h1-37H. The molecule has 10 aromatic carbocycles. The van der Waals surface area contributed by atoms with Crippen molar-refractivity contribution in [2.24, 2.45) is 0 Å². The fraction of sp³-hybridized carbons (Fsp3) is 0. The van der Waals surface area contributed by atoms with Gasteiger partial charge in [0.2, 0.25) is 0 Å². The fourth-order valence-corrected chi connectivity index (χ4v) is 11.0. The van der Waals surface area contributed by atoms with Crippen LogP contribution in [0.4, 0.5) is 0 Å². The van der Waals surface area contributed by atoms with E-state index in [4.69, 9.17) is 24.4 Å². The second kappa shape index (κ2) is 15.0. The minimum Gasteiger partial charge on any atom is -0.456 e. The lowest BCUT2D eigenvalue weighted by Crippen LogP contribution is -2.03. The van der Waals surface area contributed by atoms with Crippen LogP contribution in [0.3, 0.4) is 0 Å². The Labute approximate surface area is 400 Å². The molecule has 0 aliphatic carbocycles. The molecule has 0 amide bonds. The summed E-state index contributed by atoms with van der Waals surface area (Å²) < 4.78 is 8.70. The molecule has 0 atom stereocenters. The molecule has 0 radical (unpaired) electrons. The third kappa shape index (κ3) is 5.87. The molecule has 70 heavy (non-hydrogen) atoms. The van der Waals surface area contributed by atoms with Crippen molar-refractivity contribution in [2.75, 3.05) is 0 Å². The summed E-state index contributed by atoms with van der Waals surface area (Å²) >= 11 is 0. The van der Waals surface area contributed by atoms with Gasteiger partial charge in [-0.3, -0.25) is 14.5 Å². The van der Waals surface area contributed by atoms with E-state index in [1.54, 1.807) is 0 Å². The molecule has 0 saturated carbocycles. The summed E-state index contributed by atoms with van der Waals surface area (Å²) in [6.07, 6.45) is 3.69. The zero-order valence-electron chi connectivity index (χ0n) is 37.5. The normalized spacial score (nSPS) is 12.0. The quantitative estimate of drug-likeness (QED) is 0.161. The second-order valence-electron chi connectivity index (χ2n) is 18.2. The molecule has 6 heteroatoms. The van der Waals surface area contributed by atoms with Crippen LogP contribution < -0.4 is 0 Å². The summed E-state index contributed by atoms with van der Waals surface area (Å²) in [5.41, 5.74) is 12.7. The number of nitrogens with zero attached hydrogens (tertiary/aromatic N) is 5. The van der Waals surface area contributed by atoms with E-state index in [2.05, 4.69) is 193 Å². The molecule has 0 spiro atoms. The molecule has 0 aliphatic rings. The van der Waals surface area contributed by atoms with E-state index in [-0.39, 0.29) is 0 Å². The molecular weight excluding hydrogens is 855 g/mol. The highest BCUT2D eigenvalue weighted by molar-refractivity contribution is 6.29. The van der Waals surface area contributed by atoms with Crippen molar-refractivity contribution < 1.29 is 4.42 Å². The fourth-order valence-electron chi connectivity index (χ4n) is 11.0. The Morgan fingerprint density at radius 1 is 0.329 bits per heavy atom. The smallest absolute Gasteiger partial charge is 0.164 e. The molecule has 324 valence electrons. The van der Waals surface area contributed by atoms with E-state index in [0.29, 0.717) is 5.82 Å². The first-order chi connectivity index (χ1) is 34.7. The van der Waals surface area contributed by atoms with Gasteiger partial charge in [0.1, 0.15) is 17.0 Å². The first kappa shape index (κ1) is 38.6. The van der Waals surface area contributed by atoms with Crippen molar-refractivity contribution in [2.45, 2.75) is 0 Å². The van der Waals surface area contributed by atoms with Crippen LogP contribution in [0.2, 0.25) is 0 Å². The number of aromatic nitrogens is 5. The van der Waals surface area contributed by atoms with Crippen molar-refractivity contribution >= 4 is 97.9 Å². The van der Waals surface area contributed by atoms with Crippen molar-refractivity contribution in [3.05, 3.63) is 225 Å². The number of para-hydroxylation sites is 3. The molecule has 0 saturated heterocycles. The van der Waals surface area contributed by atoms with E-state index in [0.717, 1.165) is 110 Å². The highest BCUT2D eigenvalue weighted by Crippen LogP contribution is 2.44. The van der Waals surface area contributed by atoms with Crippen molar-refractivity contribution in [1.82, 2.24) is 24.5 Å². The largest absolute Gasteiger partial charge is 0.456 e. The van der Waals surface area contributed by atoms with E-state index >= 15 is 0 Å². The summed E-state index contributed by atoms with van der Waals surface area (Å²) in [6.45, 7) is 0. The van der Waals surface area contributed by atoms with Gasteiger partial charge in [-0.2, -0.15) is 0 Å². The van der Waals surface area contributed by atoms with Crippen LogP contribution >= 0.6 is 0 Å². The number of benzene rings is 10. The van der Waals surface area contributed by atoms with Gasteiger partial charge in [0.25, 0.3) is 0 Å². The Morgan fingerprint density at radius 2 is 0.900 bits per heavy atom. The Morgan fingerprint density at radius 3 is 1.70 bits per heavy atom. The molecule has 15 aromatic rings. The number of pyridine rings is 2. The lowest BCUT2D eigenvalue weighted by atomic mass is 9.91. The molecule has 6 nitrogen and oxygen atoms in total. The highest BCUT2D eigenvalue weighted by atomic mass is 16.3. The monoisotopic (exact) mass is 891 g/mol. The minimum atomic E-state index is 0.589. The van der Waals surface area contributed by atoms with Gasteiger partial charge in [0.05, 0.1) is 27.8 Å². The second-order valence-corrected chi connectivity index (χ2v) is 18.2. The SMILES string of the molecule is c1ccc(-c2ccc3c(c2)c2cc4c5ccccc5c5cc(-c6ccc7c(c6)oc6ccccc67)ccc5c4cc2n3-c2cc(-c3cccc4cccnc34)nc(-c3cccc4cccnc34)n2)cc1. The lowest BCUT2D eigenvalue weighted by Gasteiger charge is -2.15. The van der Waals surface area contributed by atoms with Gasteiger partial charge in [-0.05, 0) is 121 Å². The van der Waals surface area contributed by atoms with Crippen molar-refractivity contribution in [3.63, 3.8) is 0 Å². The highest BCUT2D eigenvalue weighted by Gasteiger charge is 2.22. The summed E-state index contributed by atoms with van der Waals surface area (Å²) in [7, 11) is 0. The number of furan rings is 1. The van der Waals surface area contributed by atoms with E-state index in [1.165, 1.54) is 32.3 Å². The molecule has 5 aromatic heterocycles. The number of fused-ring (bicyclic) bond motifs is 14. The van der Waals surface area contributed by atoms with Crippen LogP contribution in [0.25, 0.3) is 149 Å². The minimum absolute atomic E-state index is 0.589. The van der Waals surface area contributed by atoms with Crippen LogP contribution in [0.15, 0.2) is 229 Å². The maximum atomic E-state index is 6.36. The van der Waals surface area contributed by atoms with E-state index < -0.39 is 0 Å². The third-order valence-corrected chi connectivity index (χ3v) is 14.3. The number of hydrogen-bond donors (Lipinski definition) is 0. The van der Waals surface area contributed by atoms with Crippen LogP contribution in [-0.2, 0) is 0 Å². The molecule has 0 aliphatic heterocycles. The maximum absolute atomic E-state index is 6.36. The van der Waals surface area contributed by atoms with Gasteiger partial charge in [-0.15, -0.1) is 0 Å². The summed E-state index contributed by atoms with van der Waals surface area (Å²) in [5, 5.41) is 13.7.